The highest BCUT2D eigenvalue weighted by atomic mass is 127. The fraction of sp³-hybridized carbons (Fsp3) is 0.316. The van der Waals surface area contributed by atoms with E-state index >= 15 is 0 Å². The van der Waals surface area contributed by atoms with Crippen molar-refractivity contribution in [3.8, 4) is 5.75 Å². The fourth-order valence-electron chi connectivity index (χ4n) is 2.57. The van der Waals surface area contributed by atoms with Crippen LogP contribution >= 0.6 is 24.0 Å². The number of nitrogens with one attached hydrogen (secondary N) is 1. The second-order valence-electron chi connectivity index (χ2n) is 5.30. The molecule has 0 spiro atoms. The van der Waals surface area contributed by atoms with Crippen molar-refractivity contribution in [1.82, 2.24) is 0 Å². The Morgan fingerprint density at radius 1 is 1.00 bits per heavy atom. The molecule has 3 N–H and O–H groups in total. The molecule has 0 saturated carbocycles. The molecule has 0 radical (unpaired) electrons. The number of halogens is 1. The standard InChI is InChI=1S/C19H25N3O.HI/c1-4-14-10-8-11-15(5-2)18(14)22-19(20)21-13-16-9-6-7-12-17(16)23-3;/h6-12H,4-5,13H2,1-3H3,(H3,20,21,22);1H. The Kier molecular flexibility index (Phi) is 8.60. The number of ether oxygens (including phenoxy) is 1. The van der Waals surface area contributed by atoms with Crippen LogP contribution in [-0.4, -0.2) is 13.1 Å². The number of aryl methyl sites for hydroxylation is 2. The van der Waals surface area contributed by atoms with E-state index in [9.17, 15) is 0 Å². The molecule has 130 valence electrons. The Morgan fingerprint density at radius 3 is 2.17 bits per heavy atom. The van der Waals surface area contributed by atoms with Crippen molar-refractivity contribution in [2.75, 3.05) is 12.4 Å². The first-order valence-electron chi connectivity index (χ1n) is 7.99. The predicted octanol–water partition coefficient (Wildman–Crippen LogP) is 4.36. The highest BCUT2D eigenvalue weighted by molar-refractivity contribution is 14.0. The topological polar surface area (TPSA) is 59.6 Å². The monoisotopic (exact) mass is 439 g/mol. The largest absolute Gasteiger partial charge is 0.496 e. The van der Waals surface area contributed by atoms with Gasteiger partial charge in [-0.2, -0.15) is 0 Å². The van der Waals surface area contributed by atoms with Crippen molar-refractivity contribution in [2.45, 2.75) is 33.2 Å². The number of aliphatic imine (C=N–C) groups is 1. The van der Waals surface area contributed by atoms with E-state index < -0.39 is 0 Å². The van der Waals surface area contributed by atoms with E-state index in [1.807, 2.05) is 24.3 Å². The van der Waals surface area contributed by atoms with Gasteiger partial charge in [0, 0.05) is 11.3 Å². The van der Waals surface area contributed by atoms with Gasteiger partial charge in [-0.1, -0.05) is 50.2 Å². The second-order valence-corrected chi connectivity index (χ2v) is 5.30. The maximum Gasteiger partial charge on any atom is 0.193 e. The summed E-state index contributed by atoms with van der Waals surface area (Å²) in [6.45, 7) is 4.77. The average Bonchev–Trinajstić information content (AvgIpc) is 2.60. The van der Waals surface area contributed by atoms with Gasteiger partial charge in [0.1, 0.15) is 5.75 Å². The highest BCUT2D eigenvalue weighted by Gasteiger charge is 2.07. The Balaban J connectivity index is 0.00000288. The van der Waals surface area contributed by atoms with Crippen molar-refractivity contribution in [3.63, 3.8) is 0 Å². The van der Waals surface area contributed by atoms with Gasteiger partial charge in [-0.25, -0.2) is 4.99 Å². The number of methoxy groups -OCH3 is 1. The molecule has 24 heavy (non-hydrogen) atoms. The highest BCUT2D eigenvalue weighted by Crippen LogP contribution is 2.22. The van der Waals surface area contributed by atoms with E-state index in [4.69, 9.17) is 10.5 Å². The van der Waals surface area contributed by atoms with Crippen LogP contribution in [0.5, 0.6) is 5.75 Å². The van der Waals surface area contributed by atoms with Crippen LogP contribution in [0.25, 0.3) is 0 Å². The van der Waals surface area contributed by atoms with Crippen LogP contribution in [0, 0.1) is 0 Å². The molecular weight excluding hydrogens is 413 g/mol. The molecule has 0 amide bonds. The summed E-state index contributed by atoms with van der Waals surface area (Å²) in [4.78, 5) is 4.45. The lowest BCUT2D eigenvalue weighted by atomic mass is 10.0. The number of rotatable bonds is 6. The summed E-state index contributed by atoms with van der Waals surface area (Å²) in [5.74, 6) is 1.25. The minimum Gasteiger partial charge on any atom is -0.496 e. The van der Waals surface area contributed by atoms with Crippen molar-refractivity contribution in [1.29, 1.82) is 0 Å². The van der Waals surface area contributed by atoms with Crippen LogP contribution < -0.4 is 15.8 Å². The fourth-order valence-corrected chi connectivity index (χ4v) is 2.57. The van der Waals surface area contributed by atoms with Crippen LogP contribution in [0.1, 0.15) is 30.5 Å². The zero-order chi connectivity index (χ0) is 16.7. The lowest BCUT2D eigenvalue weighted by Crippen LogP contribution is -2.24. The van der Waals surface area contributed by atoms with Gasteiger partial charge < -0.3 is 15.8 Å². The summed E-state index contributed by atoms with van der Waals surface area (Å²) in [5.41, 5.74) is 10.7. The van der Waals surface area contributed by atoms with Crippen LogP contribution in [0.4, 0.5) is 5.69 Å². The molecule has 0 aliphatic carbocycles. The van der Waals surface area contributed by atoms with Crippen LogP contribution in [-0.2, 0) is 19.4 Å². The Hall–Kier alpha value is -1.76. The number of benzene rings is 2. The van der Waals surface area contributed by atoms with Crippen molar-refractivity contribution >= 4 is 35.6 Å². The summed E-state index contributed by atoms with van der Waals surface area (Å²) in [6.07, 6.45) is 1.91. The van der Waals surface area contributed by atoms with Crippen LogP contribution in [0.15, 0.2) is 47.5 Å². The lowest BCUT2D eigenvalue weighted by Gasteiger charge is -2.15. The van der Waals surface area contributed by atoms with E-state index in [1.165, 1.54) is 11.1 Å². The first kappa shape index (κ1) is 20.3. The molecule has 0 bridgehead atoms. The third-order valence-electron chi connectivity index (χ3n) is 3.86. The minimum absolute atomic E-state index is 0. The SMILES string of the molecule is CCc1cccc(CC)c1NC(N)=NCc1ccccc1OC.I. The van der Waals surface area contributed by atoms with Crippen LogP contribution in [0.2, 0.25) is 0 Å². The molecule has 0 heterocycles. The molecule has 0 atom stereocenters. The zero-order valence-electron chi connectivity index (χ0n) is 14.5. The van der Waals surface area contributed by atoms with Crippen molar-refractivity contribution < 1.29 is 4.74 Å². The van der Waals surface area contributed by atoms with E-state index in [1.54, 1.807) is 7.11 Å². The molecule has 0 aliphatic rings. The molecule has 0 unspecified atom stereocenters. The number of guanidine groups is 1. The van der Waals surface area contributed by atoms with E-state index in [-0.39, 0.29) is 24.0 Å². The summed E-state index contributed by atoms with van der Waals surface area (Å²) in [5, 5.41) is 3.28. The molecular formula is C19H26IN3O. The number of nitrogens with two attached hydrogens (primary N) is 1. The van der Waals surface area contributed by atoms with E-state index in [2.05, 4.69) is 42.4 Å². The molecule has 2 aromatic carbocycles. The number of hydrogen-bond donors (Lipinski definition) is 2. The maximum atomic E-state index is 6.09. The van der Waals surface area contributed by atoms with E-state index in [0.29, 0.717) is 12.5 Å². The quantitative estimate of drug-likeness (QED) is 0.400. The molecule has 0 aromatic heterocycles. The molecule has 0 saturated heterocycles. The second kappa shape index (κ2) is 10.2. The van der Waals surface area contributed by atoms with Crippen molar-refractivity contribution in [3.05, 3.63) is 59.2 Å². The smallest absolute Gasteiger partial charge is 0.193 e. The van der Waals surface area contributed by atoms with Gasteiger partial charge in [0.25, 0.3) is 0 Å². The van der Waals surface area contributed by atoms with E-state index in [0.717, 1.165) is 29.8 Å². The Labute approximate surface area is 161 Å². The Morgan fingerprint density at radius 2 is 1.58 bits per heavy atom. The molecule has 5 heteroatoms. The molecule has 4 nitrogen and oxygen atoms in total. The molecule has 0 fully saturated rings. The van der Waals surface area contributed by atoms with Gasteiger partial charge in [0.05, 0.1) is 13.7 Å². The summed E-state index contributed by atoms with van der Waals surface area (Å²) >= 11 is 0. The maximum absolute atomic E-state index is 6.09. The number of hydrogen-bond acceptors (Lipinski definition) is 2. The van der Waals surface area contributed by atoms with Gasteiger partial charge in [0.2, 0.25) is 0 Å². The van der Waals surface area contributed by atoms with Gasteiger partial charge >= 0.3 is 0 Å². The summed E-state index contributed by atoms with van der Waals surface area (Å²) < 4.78 is 5.34. The number of para-hydroxylation sites is 2. The first-order chi connectivity index (χ1) is 11.2. The normalized spacial score (nSPS) is 10.9. The molecule has 2 aromatic rings. The third-order valence-corrected chi connectivity index (χ3v) is 3.86. The number of anilines is 1. The number of nitrogens with zero attached hydrogens (tertiary/aromatic N) is 1. The summed E-state index contributed by atoms with van der Waals surface area (Å²) in [6, 6.07) is 14.2. The van der Waals surface area contributed by atoms with Crippen molar-refractivity contribution in [2.24, 2.45) is 10.7 Å². The zero-order valence-corrected chi connectivity index (χ0v) is 16.8. The average molecular weight is 439 g/mol. The third kappa shape index (κ3) is 5.12. The summed E-state index contributed by atoms with van der Waals surface area (Å²) in [7, 11) is 1.66. The minimum atomic E-state index is 0. The molecule has 0 aliphatic heterocycles. The Bertz CT molecular complexity index is 664. The van der Waals surface area contributed by atoms with Gasteiger partial charge in [-0.3, -0.25) is 0 Å². The molecule has 2 rings (SSSR count). The van der Waals surface area contributed by atoms with Gasteiger partial charge in [-0.15, -0.1) is 24.0 Å². The van der Waals surface area contributed by atoms with Gasteiger partial charge in [-0.05, 0) is 30.0 Å². The van der Waals surface area contributed by atoms with Gasteiger partial charge in [0.15, 0.2) is 5.96 Å². The predicted molar refractivity (Wildman–Crippen MR) is 113 cm³/mol. The lowest BCUT2D eigenvalue weighted by molar-refractivity contribution is 0.410. The first-order valence-corrected chi connectivity index (χ1v) is 7.99. The van der Waals surface area contributed by atoms with Crippen LogP contribution in [0.3, 0.4) is 0 Å².